The molecule has 174 valence electrons. The maximum Gasteiger partial charge on any atom is 0.334 e. The van der Waals surface area contributed by atoms with E-state index in [4.69, 9.17) is 4.74 Å². The van der Waals surface area contributed by atoms with Crippen LogP contribution in [0.15, 0.2) is 121 Å². The molecule has 4 aromatic rings. The molecule has 0 saturated heterocycles. The molecule has 35 heavy (non-hydrogen) atoms. The van der Waals surface area contributed by atoms with Crippen molar-refractivity contribution >= 4 is 23.5 Å². The summed E-state index contributed by atoms with van der Waals surface area (Å²) >= 11 is 0. The summed E-state index contributed by atoms with van der Waals surface area (Å²) in [6.07, 6.45) is -1.22. The third kappa shape index (κ3) is 6.21. The van der Waals surface area contributed by atoms with Crippen LogP contribution in [0.25, 0.3) is 0 Å². The van der Waals surface area contributed by atoms with Crippen molar-refractivity contribution in [3.05, 3.63) is 138 Å². The van der Waals surface area contributed by atoms with E-state index in [1.807, 2.05) is 18.2 Å². The smallest absolute Gasteiger partial charge is 0.334 e. The number of hydrogen-bond donors (Lipinski definition) is 2. The highest BCUT2D eigenvalue weighted by Crippen LogP contribution is 2.24. The van der Waals surface area contributed by atoms with Crippen LogP contribution in [-0.2, 0) is 14.3 Å². The quantitative estimate of drug-likeness (QED) is 0.356. The molecule has 0 bridgehead atoms. The average molecular weight is 465 g/mol. The molecular weight excluding hydrogens is 440 g/mol. The number of anilines is 1. The summed E-state index contributed by atoms with van der Waals surface area (Å²) in [5.74, 6) is -1.68. The van der Waals surface area contributed by atoms with E-state index in [-0.39, 0.29) is 0 Å². The Hall–Kier alpha value is -4.71. The first-order valence-electron chi connectivity index (χ1n) is 11.1. The third-order valence-corrected chi connectivity index (χ3v) is 5.30. The van der Waals surface area contributed by atoms with Crippen LogP contribution in [0.3, 0.4) is 0 Å². The van der Waals surface area contributed by atoms with E-state index < -0.39 is 29.9 Å². The van der Waals surface area contributed by atoms with Crippen molar-refractivity contribution < 1.29 is 19.1 Å². The van der Waals surface area contributed by atoms with Crippen LogP contribution in [0, 0.1) is 0 Å². The summed E-state index contributed by atoms with van der Waals surface area (Å²) in [5, 5.41) is 5.54. The zero-order chi connectivity index (χ0) is 24.5. The van der Waals surface area contributed by atoms with Crippen molar-refractivity contribution in [3.63, 3.8) is 0 Å². The molecule has 0 aliphatic carbocycles. The van der Waals surface area contributed by atoms with E-state index in [1.54, 1.807) is 103 Å². The van der Waals surface area contributed by atoms with Gasteiger partial charge in [-0.25, -0.2) is 4.79 Å². The number of carbonyl (C=O) groups excluding carboxylic acids is 3. The summed E-state index contributed by atoms with van der Waals surface area (Å²) in [6.45, 7) is 0. The van der Waals surface area contributed by atoms with Gasteiger partial charge >= 0.3 is 5.97 Å². The van der Waals surface area contributed by atoms with E-state index >= 15 is 0 Å². The van der Waals surface area contributed by atoms with E-state index in [1.165, 1.54) is 0 Å². The molecule has 6 heteroatoms. The van der Waals surface area contributed by atoms with E-state index in [9.17, 15) is 14.4 Å². The molecular formula is C29H24N2O4. The van der Waals surface area contributed by atoms with E-state index in [0.29, 0.717) is 22.4 Å². The third-order valence-electron chi connectivity index (χ3n) is 5.30. The molecule has 4 rings (SSSR count). The minimum atomic E-state index is -1.22. The predicted octanol–water partition coefficient (Wildman–Crippen LogP) is 5.08. The maximum absolute atomic E-state index is 13.4. The highest BCUT2D eigenvalue weighted by atomic mass is 16.5. The molecule has 0 radical (unpaired) electrons. The molecule has 2 N–H and O–H groups in total. The van der Waals surface area contributed by atoms with Gasteiger partial charge in [0.15, 0.2) is 6.04 Å². The normalized spacial score (nSPS) is 12.1. The van der Waals surface area contributed by atoms with Crippen LogP contribution in [0.5, 0.6) is 0 Å². The van der Waals surface area contributed by atoms with Gasteiger partial charge in [-0.05, 0) is 29.8 Å². The molecule has 0 aliphatic rings. The van der Waals surface area contributed by atoms with Crippen molar-refractivity contribution in [2.24, 2.45) is 0 Å². The highest BCUT2D eigenvalue weighted by molar-refractivity contribution is 5.99. The second kappa shape index (κ2) is 11.4. The summed E-state index contributed by atoms with van der Waals surface area (Å²) < 4.78 is 5.76. The van der Waals surface area contributed by atoms with Gasteiger partial charge in [0.05, 0.1) is 0 Å². The first-order valence-corrected chi connectivity index (χ1v) is 11.1. The summed E-state index contributed by atoms with van der Waals surface area (Å²) in [4.78, 5) is 39.5. The molecule has 2 amide bonds. The van der Waals surface area contributed by atoms with Crippen molar-refractivity contribution in [3.8, 4) is 0 Å². The standard InChI is InChI=1S/C29H24N2O4/c32-27(23-17-9-3-10-18-23)31-25(21-13-5-1-6-14-21)29(34)35-26(22-15-7-2-8-16-22)28(33)30-24-19-11-4-12-20-24/h1-20,25-26H,(H,30,33)(H,31,32)/t25-,26+/m1/s1. The molecule has 6 nitrogen and oxygen atoms in total. The van der Waals surface area contributed by atoms with Crippen molar-refractivity contribution in [1.29, 1.82) is 0 Å². The Morgan fingerprint density at radius 1 is 0.600 bits per heavy atom. The first kappa shape index (κ1) is 23.4. The molecule has 0 aromatic heterocycles. The van der Waals surface area contributed by atoms with Gasteiger partial charge in [-0.2, -0.15) is 0 Å². The number of ether oxygens (including phenoxy) is 1. The Labute approximate surface area is 203 Å². The lowest BCUT2D eigenvalue weighted by Crippen LogP contribution is -2.37. The predicted molar refractivity (Wildman–Crippen MR) is 133 cm³/mol. The van der Waals surface area contributed by atoms with Crippen molar-refractivity contribution in [2.75, 3.05) is 5.32 Å². The van der Waals surface area contributed by atoms with Gasteiger partial charge in [0.25, 0.3) is 11.8 Å². The monoisotopic (exact) mass is 464 g/mol. The molecule has 0 unspecified atom stereocenters. The number of para-hydroxylation sites is 1. The molecule has 0 fully saturated rings. The number of benzene rings is 4. The molecule has 0 spiro atoms. The lowest BCUT2D eigenvalue weighted by Gasteiger charge is -2.23. The van der Waals surface area contributed by atoms with Crippen molar-refractivity contribution in [2.45, 2.75) is 12.1 Å². The fourth-order valence-corrected chi connectivity index (χ4v) is 3.54. The minimum absolute atomic E-state index is 0.405. The van der Waals surface area contributed by atoms with Crippen LogP contribution in [0.2, 0.25) is 0 Å². The Morgan fingerprint density at radius 2 is 1.09 bits per heavy atom. The Balaban J connectivity index is 1.60. The molecule has 0 saturated carbocycles. The fraction of sp³-hybridized carbons (Fsp3) is 0.0690. The molecule has 0 aliphatic heterocycles. The fourth-order valence-electron chi connectivity index (χ4n) is 3.54. The maximum atomic E-state index is 13.4. The largest absolute Gasteiger partial charge is 0.445 e. The van der Waals surface area contributed by atoms with Gasteiger partial charge in [-0.1, -0.05) is 97.1 Å². The Kier molecular flexibility index (Phi) is 7.66. The molecule has 4 aromatic carbocycles. The number of carbonyl (C=O) groups is 3. The summed E-state index contributed by atoms with van der Waals surface area (Å²) in [6, 6.07) is 33.9. The van der Waals surface area contributed by atoms with Gasteiger partial charge in [0, 0.05) is 16.8 Å². The Morgan fingerprint density at radius 3 is 1.66 bits per heavy atom. The highest BCUT2D eigenvalue weighted by Gasteiger charge is 2.31. The van der Waals surface area contributed by atoms with Crippen LogP contribution >= 0.6 is 0 Å². The van der Waals surface area contributed by atoms with E-state index in [2.05, 4.69) is 10.6 Å². The zero-order valence-corrected chi connectivity index (χ0v) is 18.8. The summed E-state index contributed by atoms with van der Waals surface area (Å²) in [5.41, 5.74) is 2.03. The Bertz CT molecular complexity index is 1260. The van der Waals surface area contributed by atoms with Gasteiger partial charge in [-0.15, -0.1) is 0 Å². The zero-order valence-electron chi connectivity index (χ0n) is 18.8. The van der Waals surface area contributed by atoms with Crippen LogP contribution < -0.4 is 10.6 Å². The van der Waals surface area contributed by atoms with Crippen LogP contribution in [0.1, 0.15) is 33.6 Å². The number of hydrogen-bond acceptors (Lipinski definition) is 4. The van der Waals surface area contributed by atoms with E-state index in [0.717, 1.165) is 0 Å². The van der Waals surface area contributed by atoms with Gasteiger partial charge in [0.1, 0.15) is 0 Å². The molecule has 2 atom stereocenters. The number of rotatable bonds is 8. The van der Waals surface area contributed by atoms with Crippen LogP contribution in [0.4, 0.5) is 5.69 Å². The summed E-state index contributed by atoms with van der Waals surface area (Å²) in [7, 11) is 0. The lowest BCUT2D eigenvalue weighted by atomic mass is 10.1. The van der Waals surface area contributed by atoms with Gasteiger partial charge < -0.3 is 15.4 Å². The number of nitrogens with one attached hydrogen (secondary N) is 2. The first-order chi connectivity index (χ1) is 17.1. The minimum Gasteiger partial charge on any atom is -0.445 e. The second-order valence-corrected chi connectivity index (χ2v) is 7.77. The second-order valence-electron chi connectivity index (χ2n) is 7.77. The SMILES string of the molecule is O=C(N[C@@H](C(=O)O[C@H](C(=O)Nc1ccccc1)c1ccccc1)c1ccccc1)c1ccccc1. The topological polar surface area (TPSA) is 84.5 Å². The van der Waals surface area contributed by atoms with Crippen molar-refractivity contribution in [1.82, 2.24) is 5.32 Å². The van der Waals surface area contributed by atoms with Gasteiger partial charge in [-0.3, -0.25) is 9.59 Å². The molecule has 0 heterocycles. The van der Waals surface area contributed by atoms with Gasteiger partial charge in [0.2, 0.25) is 6.10 Å². The number of amides is 2. The average Bonchev–Trinajstić information content (AvgIpc) is 2.92. The lowest BCUT2D eigenvalue weighted by molar-refractivity contribution is -0.156. The number of esters is 1. The van der Waals surface area contributed by atoms with Crippen LogP contribution in [-0.4, -0.2) is 17.8 Å².